The summed E-state index contributed by atoms with van der Waals surface area (Å²) in [5.74, 6) is 1.98. The van der Waals surface area contributed by atoms with Crippen LogP contribution in [0.5, 0.6) is 5.75 Å². The van der Waals surface area contributed by atoms with Crippen LogP contribution in [-0.4, -0.2) is 16.7 Å². The average molecular weight is 272 g/mol. The Balaban J connectivity index is 1.86. The van der Waals surface area contributed by atoms with E-state index in [1.54, 1.807) is 11.3 Å². The number of hydrogen-bond acceptors (Lipinski definition) is 5. The molecule has 0 amide bonds. The molecular formula is C14H12N2O2S. The van der Waals surface area contributed by atoms with Crippen molar-refractivity contribution in [2.45, 2.75) is 6.92 Å². The van der Waals surface area contributed by atoms with Crippen molar-refractivity contribution in [1.29, 1.82) is 0 Å². The molecule has 0 spiro atoms. The molecule has 2 heterocycles. The molecule has 1 aromatic carbocycles. The van der Waals surface area contributed by atoms with Crippen LogP contribution in [0.3, 0.4) is 0 Å². The molecule has 0 fully saturated rings. The highest BCUT2D eigenvalue weighted by Gasteiger charge is 2.11. The van der Waals surface area contributed by atoms with Crippen LogP contribution >= 0.6 is 11.3 Å². The molecule has 96 valence electrons. The Morgan fingerprint density at radius 1 is 1.21 bits per heavy atom. The molecule has 0 atom stereocenters. The van der Waals surface area contributed by atoms with E-state index in [9.17, 15) is 0 Å². The van der Waals surface area contributed by atoms with Crippen molar-refractivity contribution in [2.75, 3.05) is 6.61 Å². The SMILES string of the molecule is CCOc1ccc(-c2nc(-c3cccs3)no2)cc1. The number of nitrogens with zero attached hydrogens (tertiary/aromatic N) is 2. The van der Waals surface area contributed by atoms with Crippen LogP contribution in [0.15, 0.2) is 46.3 Å². The van der Waals surface area contributed by atoms with Gasteiger partial charge in [-0.3, -0.25) is 0 Å². The van der Waals surface area contributed by atoms with Gasteiger partial charge in [0.1, 0.15) is 5.75 Å². The lowest BCUT2D eigenvalue weighted by atomic mass is 10.2. The minimum absolute atomic E-state index is 0.520. The third kappa shape index (κ3) is 2.51. The molecule has 5 heteroatoms. The monoisotopic (exact) mass is 272 g/mol. The van der Waals surface area contributed by atoms with E-state index >= 15 is 0 Å². The summed E-state index contributed by atoms with van der Waals surface area (Å²) < 4.78 is 10.7. The molecule has 0 radical (unpaired) electrons. The highest BCUT2D eigenvalue weighted by Crippen LogP contribution is 2.26. The molecule has 0 unspecified atom stereocenters. The summed E-state index contributed by atoms with van der Waals surface area (Å²) in [6, 6.07) is 11.6. The maximum atomic E-state index is 5.40. The zero-order valence-electron chi connectivity index (χ0n) is 10.4. The number of rotatable bonds is 4. The lowest BCUT2D eigenvalue weighted by Gasteiger charge is -2.01. The standard InChI is InChI=1S/C14H12N2O2S/c1-2-17-11-7-5-10(6-8-11)14-15-13(16-18-14)12-4-3-9-19-12/h3-9H,2H2,1H3. The Morgan fingerprint density at radius 3 is 2.74 bits per heavy atom. The summed E-state index contributed by atoms with van der Waals surface area (Å²) in [5, 5.41) is 5.98. The van der Waals surface area contributed by atoms with Crippen LogP contribution in [0.4, 0.5) is 0 Å². The molecule has 0 saturated carbocycles. The molecular weight excluding hydrogens is 260 g/mol. The van der Waals surface area contributed by atoms with Crippen molar-refractivity contribution in [1.82, 2.24) is 10.1 Å². The normalized spacial score (nSPS) is 10.6. The Bertz CT molecular complexity index is 644. The molecule has 0 bridgehead atoms. The summed E-state index contributed by atoms with van der Waals surface area (Å²) in [7, 11) is 0. The maximum Gasteiger partial charge on any atom is 0.258 e. The molecule has 2 aromatic heterocycles. The average Bonchev–Trinajstić information content (AvgIpc) is 3.11. The molecule has 0 N–H and O–H groups in total. The second-order valence-corrected chi connectivity index (χ2v) is 4.81. The number of hydrogen-bond donors (Lipinski definition) is 0. The van der Waals surface area contributed by atoms with Gasteiger partial charge in [-0.15, -0.1) is 11.3 Å². The van der Waals surface area contributed by atoms with E-state index < -0.39 is 0 Å². The zero-order chi connectivity index (χ0) is 13.1. The minimum Gasteiger partial charge on any atom is -0.494 e. The van der Waals surface area contributed by atoms with Gasteiger partial charge in [0, 0.05) is 5.56 Å². The Hall–Kier alpha value is -2.14. The van der Waals surface area contributed by atoms with E-state index in [-0.39, 0.29) is 0 Å². The Morgan fingerprint density at radius 2 is 2.05 bits per heavy atom. The van der Waals surface area contributed by atoms with Crippen LogP contribution in [-0.2, 0) is 0 Å². The van der Waals surface area contributed by atoms with E-state index in [1.807, 2.05) is 48.7 Å². The van der Waals surface area contributed by atoms with Crippen molar-refractivity contribution < 1.29 is 9.26 Å². The van der Waals surface area contributed by atoms with E-state index in [0.717, 1.165) is 16.2 Å². The molecule has 4 nitrogen and oxygen atoms in total. The van der Waals surface area contributed by atoms with Gasteiger partial charge in [-0.1, -0.05) is 11.2 Å². The first kappa shape index (κ1) is 11.9. The van der Waals surface area contributed by atoms with Crippen molar-refractivity contribution in [3.05, 3.63) is 41.8 Å². The van der Waals surface area contributed by atoms with Gasteiger partial charge in [-0.2, -0.15) is 4.98 Å². The molecule has 0 saturated heterocycles. The third-order valence-electron chi connectivity index (χ3n) is 2.58. The number of benzene rings is 1. The molecule has 3 aromatic rings. The number of aromatic nitrogens is 2. The first-order valence-corrected chi connectivity index (χ1v) is 6.85. The van der Waals surface area contributed by atoms with Crippen LogP contribution in [0.25, 0.3) is 22.2 Å². The van der Waals surface area contributed by atoms with Crippen LogP contribution < -0.4 is 4.74 Å². The summed E-state index contributed by atoms with van der Waals surface area (Å²) in [5.41, 5.74) is 0.888. The fraction of sp³-hybridized carbons (Fsp3) is 0.143. The lowest BCUT2D eigenvalue weighted by molar-refractivity contribution is 0.340. The van der Waals surface area contributed by atoms with Gasteiger partial charge in [0.05, 0.1) is 11.5 Å². The first-order chi connectivity index (χ1) is 9.36. The van der Waals surface area contributed by atoms with Gasteiger partial charge in [0.15, 0.2) is 0 Å². The lowest BCUT2D eigenvalue weighted by Crippen LogP contribution is -1.90. The summed E-state index contributed by atoms with van der Waals surface area (Å²) >= 11 is 1.59. The molecule has 3 rings (SSSR count). The minimum atomic E-state index is 0.520. The Kier molecular flexibility index (Phi) is 3.29. The summed E-state index contributed by atoms with van der Waals surface area (Å²) in [4.78, 5) is 5.39. The second kappa shape index (κ2) is 5.24. The van der Waals surface area contributed by atoms with Crippen LogP contribution in [0.2, 0.25) is 0 Å². The largest absolute Gasteiger partial charge is 0.494 e. The fourth-order valence-electron chi connectivity index (χ4n) is 1.71. The maximum absolute atomic E-state index is 5.40. The summed E-state index contributed by atoms with van der Waals surface area (Å²) in [6.07, 6.45) is 0. The van der Waals surface area contributed by atoms with Gasteiger partial charge in [-0.25, -0.2) is 0 Å². The Labute approximate surface area is 114 Å². The topological polar surface area (TPSA) is 48.2 Å². The predicted octanol–water partition coefficient (Wildman–Crippen LogP) is 3.86. The van der Waals surface area contributed by atoms with Gasteiger partial charge >= 0.3 is 0 Å². The quantitative estimate of drug-likeness (QED) is 0.723. The van der Waals surface area contributed by atoms with Gasteiger partial charge in [-0.05, 0) is 42.6 Å². The number of ether oxygens (including phenoxy) is 1. The molecule has 19 heavy (non-hydrogen) atoms. The summed E-state index contributed by atoms with van der Waals surface area (Å²) in [6.45, 7) is 2.61. The van der Waals surface area contributed by atoms with E-state index in [4.69, 9.17) is 9.26 Å². The van der Waals surface area contributed by atoms with Crippen LogP contribution in [0.1, 0.15) is 6.92 Å². The highest BCUT2D eigenvalue weighted by atomic mass is 32.1. The second-order valence-electron chi connectivity index (χ2n) is 3.86. The van der Waals surface area contributed by atoms with E-state index in [2.05, 4.69) is 10.1 Å². The van der Waals surface area contributed by atoms with Crippen LogP contribution in [0, 0.1) is 0 Å². The van der Waals surface area contributed by atoms with Gasteiger partial charge in [0.2, 0.25) is 5.82 Å². The van der Waals surface area contributed by atoms with Crippen molar-refractivity contribution in [3.8, 4) is 27.9 Å². The highest BCUT2D eigenvalue weighted by molar-refractivity contribution is 7.13. The predicted molar refractivity (Wildman–Crippen MR) is 74.2 cm³/mol. The zero-order valence-corrected chi connectivity index (χ0v) is 11.2. The van der Waals surface area contributed by atoms with E-state index in [0.29, 0.717) is 18.3 Å². The van der Waals surface area contributed by atoms with Crippen molar-refractivity contribution >= 4 is 11.3 Å². The van der Waals surface area contributed by atoms with Crippen molar-refractivity contribution in [2.24, 2.45) is 0 Å². The number of thiophene rings is 1. The van der Waals surface area contributed by atoms with Gasteiger partial charge in [0.25, 0.3) is 5.89 Å². The van der Waals surface area contributed by atoms with Gasteiger partial charge < -0.3 is 9.26 Å². The molecule has 0 aliphatic heterocycles. The van der Waals surface area contributed by atoms with E-state index in [1.165, 1.54) is 0 Å². The smallest absolute Gasteiger partial charge is 0.258 e. The molecule has 0 aliphatic rings. The first-order valence-electron chi connectivity index (χ1n) is 5.97. The molecule has 0 aliphatic carbocycles. The third-order valence-corrected chi connectivity index (χ3v) is 3.45. The van der Waals surface area contributed by atoms with Crippen molar-refractivity contribution in [3.63, 3.8) is 0 Å². The fourth-order valence-corrected chi connectivity index (χ4v) is 2.36.